The first-order chi connectivity index (χ1) is 5.16. The summed E-state index contributed by atoms with van der Waals surface area (Å²) >= 11 is 0. The maximum absolute atomic E-state index is 5.04. The lowest BCUT2D eigenvalue weighted by Crippen LogP contribution is -2.01. The second-order valence-electron chi connectivity index (χ2n) is 2.28. The van der Waals surface area contributed by atoms with Gasteiger partial charge < -0.3 is 9.47 Å². The van der Waals surface area contributed by atoms with E-state index in [0.29, 0.717) is 18.5 Å². The van der Waals surface area contributed by atoms with Gasteiger partial charge in [0.05, 0.1) is 13.7 Å². The van der Waals surface area contributed by atoms with Crippen LogP contribution in [0.15, 0.2) is 12.5 Å². The predicted molar refractivity (Wildman–Crippen MR) is 48.3 cm³/mol. The number of hydrogen-bond acceptors (Lipinski definition) is 2. The molecule has 0 N–H and O–H groups in total. The van der Waals surface area contributed by atoms with E-state index < -0.39 is 0 Å². The molecule has 0 saturated heterocycles. The SMILES string of the molecule is C=C(OC)OCC(C)C.CC. The molecule has 0 saturated carbocycles. The van der Waals surface area contributed by atoms with Gasteiger partial charge in [-0.05, 0) is 12.5 Å². The third-order valence-corrected chi connectivity index (χ3v) is 0.805. The molecule has 0 unspecified atom stereocenters. The lowest BCUT2D eigenvalue weighted by atomic mass is 10.2. The third kappa shape index (κ3) is 12.5. The largest absolute Gasteiger partial charge is 0.469 e. The second-order valence-corrected chi connectivity index (χ2v) is 2.28. The Morgan fingerprint density at radius 2 is 1.82 bits per heavy atom. The zero-order valence-electron chi connectivity index (χ0n) is 8.31. The Kier molecular flexibility index (Phi) is 11.0. The number of rotatable bonds is 4. The third-order valence-electron chi connectivity index (χ3n) is 0.805. The molecule has 0 rings (SSSR count). The van der Waals surface area contributed by atoms with Crippen molar-refractivity contribution in [2.45, 2.75) is 27.7 Å². The van der Waals surface area contributed by atoms with Crippen LogP contribution in [0, 0.1) is 5.92 Å². The van der Waals surface area contributed by atoms with Gasteiger partial charge in [-0.15, -0.1) is 0 Å². The van der Waals surface area contributed by atoms with Crippen molar-refractivity contribution in [2.75, 3.05) is 13.7 Å². The molecule has 2 nitrogen and oxygen atoms in total. The molecule has 0 aromatic heterocycles. The first kappa shape index (κ1) is 13.0. The van der Waals surface area contributed by atoms with Crippen molar-refractivity contribution >= 4 is 0 Å². The van der Waals surface area contributed by atoms with Gasteiger partial charge in [0.1, 0.15) is 0 Å². The lowest BCUT2D eigenvalue weighted by Gasteiger charge is -2.08. The van der Waals surface area contributed by atoms with E-state index in [-0.39, 0.29) is 0 Å². The topological polar surface area (TPSA) is 18.5 Å². The van der Waals surface area contributed by atoms with Gasteiger partial charge in [0, 0.05) is 0 Å². The van der Waals surface area contributed by atoms with Crippen LogP contribution in [0.5, 0.6) is 0 Å². The molecule has 0 aliphatic heterocycles. The molecule has 0 aliphatic rings. The molecule has 68 valence electrons. The van der Waals surface area contributed by atoms with Crippen LogP contribution in [0.1, 0.15) is 27.7 Å². The molecular formula is C9H20O2. The highest BCUT2D eigenvalue weighted by atomic mass is 16.7. The van der Waals surface area contributed by atoms with Crippen molar-refractivity contribution in [3.8, 4) is 0 Å². The van der Waals surface area contributed by atoms with Crippen LogP contribution in [0.2, 0.25) is 0 Å². The zero-order chi connectivity index (χ0) is 9.28. The summed E-state index contributed by atoms with van der Waals surface area (Å²) < 4.78 is 9.72. The average molecular weight is 160 g/mol. The Morgan fingerprint density at radius 3 is 2.09 bits per heavy atom. The van der Waals surface area contributed by atoms with Gasteiger partial charge >= 0.3 is 0 Å². The predicted octanol–water partition coefficient (Wildman–Crippen LogP) is 2.80. The second kappa shape index (κ2) is 9.34. The maximum Gasteiger partial charge on any atom is 0.271 e. The van der Waals surface area contributed by atoms with Crippen LogP contribution in [-0.4, -0.2) is 13.7 Å². The first-order valence-corrected chi connectivity index (χ1v) is 4.02. The summed E-state index contributed by atoms with van der Waals surface area (Å²) in [6, 6.07) is 0. The van der Waals surface area contributed by atoms with Crippen molar-refractivity contribution in [1.82, 2.24) is 0 Å². The number of methoxy groups -OCH3 is 1. The molecule has 0 atom stereocenters. The number of hydrogen-bond donors (Lipinski definition) is 0. The monoisotopic (exact) mass is 160 g/mol. The molecule has 0 aromatic carbocycles. The van der Waals surface area contributed by atoms with Crippen molar-refractivity contribution < 1.29 is 9.47 Å². The van der Waals surface area contributed by atoms with Crippen LogP contribution in [0.25, 0.3) is 0 Å². The molecule has 0 bridgehead atoms. The van der Waals surface area contributed by atoms with E-state index in [1.54, 1.807) is 7.11 Å². The lowest BCUT2D eigenvalue weighted by molar-refractivity contribution is 0.0507. The van der Waals surface area contributed by atoms with Crippen molar-refractivity contribution in [1.29, 1.82) is 0 Å². The van der Waals surface area contributed by atoms with Gasteiger partial charge in [0.25, 0.3) is 5.95 Å². The highest BCUT2D eigenvalue weighted by molar-refractivity contribution is 4.66. The van der Waals surface area contributed by atoms with Crippen molar-refractivity contribution in [3.05, 3.63) is 12.5 Å². The van der Waals surface area contributed by atoms with E-state index in [0.717, 1.165) is 0 Å². The van der Waals surface area contributed by atoms with E-state index in [1.165, 1.54) is 0 Å². The van der Waals surface area contributed by atoms with Crippen LogP contribution >= 0.6 is 0 Å². The van der Waals surface area contributed by atoms with Crippen molar-refractivity contribution in [2.24, 2.45) is 5.92 Å². The summed E-state index contributed by atoms with van der Waals surface area (Å²) in [6.07, 6.45) is 0. The van der Waals surface area contributed by atoms with Crippen molar-refractivity contribution in [3.63, 3.8) is 0 Å². The molecule has 0 fully saturated rings. The van der Waals surface area contributed by atoms with E-state index >= 15 is 0 Å². The minimum atomic E-state index is 0.392. The Hall–Kier alpha value is -0.660. The molecule has 0 amide bonds. The summed E-state index contributed by atoms with van der Waals surface area (Å²) in [5, 5.41) is 0. The van der Waals surface area contributed by atoms with Gasteiger partial charge in [-0.2, -0.15) is 0 Å². The quantitative estimate of drug-likeness (QED) is 0.589. The molecule has 2 heteroatoms. The minimum absolute atomic E-state index is 0.392. The Balaban J connectivity index is 0. The summed E-state index contributed by atoms with van der Waals surface area (Å²) in [5.74, 6) is 0.917. The highest BCUT2D eigenvalue weighted by Gasteiger charge is 1.94. The minimum Gasteiger partial charge on any atom is -0.469 e. The standard InChI is InChI=1S/C7H14O2.C2H6/c1-6(2)5-9-7(3)8-4;1-2/h6H,3,5H2,1-2,4H3;1-2H3. The van der Waals surface area contributed by atoms with E-state index in [2.05, 4.69) is 25.2 Å². The van der Waals surface area contributed by atoms with E-state index in [9.17, 15) is 0 Å². The van der Waals surface area contributed by atoms with E-state index in [1.807, 2.05) is 13.8 Å². The van der Waals surface area contributed by atoms with E-state index in [4.69, 9.17) is 4.74 Å². The highest BCUT2D eigenvalue weighted by Crippen LogP contribution is 1.98. The molecular weight excluding hydrogens is 140 g/mol. The summed E-state index contributed by atoms with van der Waals surface area (Å²) in [4.78, 5) is 0. The summed E-state index contributed by atoms with van der Waals surface area (Å²) in [7, 11) is 1.54. The average Bonchev–Trinajstić information content (AvgIpc) is 2.04. The smallest absolute Gasteiger partial charge is 0.271 e. The first-order valence-electron chi connectivity index (χ1n) is 4.02. The van der Waals surface area contributed by atoms with Gasteiger partial charge in [-0.1, -0.05) is 27.7 Å². The number of ether oxygens (including phenoxy) is 2. The molecule has 0 aliphatic carbocycles. The molecule has 0 heterocycles. The van der Waals surface area contributed by atoms with Crippen LogP contribution in [-0.2, 0) is 9.47 Å². The van der Waals surface area contributed by atoms with Crippen LogP contribution in [0.4, 0.5) is 0 Å². The molecule has 0 aromatic rings. The fraction of sp³-hybridized carbons (Fsp3) is 0.778. The zero-order valence-corrected chi connectivity index (χ0v) is 8.31. The van der Waals surface area contributed by atoms with Crippen LogP contribution < -0.4 is 0 Å². The molecule has 11 heavy (non-hydrogen) atoms. The Labute approximate surface area is 70.2 Å². The Morgan fingerprint density at radius 1 is 1.36 bits per heavy atom. The summed E-state index contributed by atoms with van der Waals surface area (Å²) in [6.45, 7) is 12.3. The van der Waals surface area contributed by atoms with Crippen LogP contribution in [0.3, 0.4) is 0 Å². The molecule has 0 spiro atoms. The summed E-state index contributed by atoms with van der Waals surface area (Å²) in [5.41, 5.74) is 0. The van der Waals surface area contributed by atoms with Gasteiger partial charge in [0.2, 0.25) is 0 Å². The fourth-order valence-electron chi connectivity index (χ4n) is 0.319. The molecule has 0 radical (unpaired) electrons. The maximum atomic E-state index is 5.04. The Bertz CT molecular complexity index is 87.6. The fourth-order valence-corrected chi connectivity index (χ4v) is 0.319. The van der Waals surface area contributed by atoms with Gasteiger partial charge in [-0.25, -0.2) is 0 Å². The van der Waals surface area contributed by atoms with Gasteiger partial charge in [0.15, 0.2) is 0 Å². The normalized spacial score (nSPS) is 8.18. The van der Waals surface area contributed by atoms with Gasteiger partial charge in [-0.3, -0.25) is 0 Å².